The third-order valence-electron chi connectivity index (χ3n) is 2.28. The van der Waals surface area contributed by atoms with Crippen LogP contribution in [0.4, 0.5) is 19.1 Å². The first kappa shape index (κ1) is 13.4. The summed E-state index contributed by atoms with van der Waals surface area (Å²) in [5.41, 5.74) is 4.43. The number of nitriles is 1. The van der Waals surface area contributed by atoms with E-state index in [0.717, 1.165) is 6.07 Å². The average Bonchev–Trinajstić information content (AvgIpc) is 2.69. The molecule has 2 aromatic rings. The number of nitrogen functional groups attached to an aromatic ring is 1. The summed E-state index contributed by atoms with van der Waals surface area (Å²) < 4.78 is 43.1. The summed E-state index contributed by atoms with van der Waals surface area (Å²) in [6.07, 6.45) is -4.51. The van der Waals surface area contributed by atoms with Gasteiger partial charge < -0.3 is 10.2 Å². The van der Waals surface area contributed by atoms with Gasteiger partial charge in [-0.1, -0.05) is 15.9 Å². The van der Waals surface area contributed by atoms with E-state index >= 15 is 0 Å². The number of aromatic nitrogens is 1. The molecule has 2 rings (SSSR count). The zero-order chi connectivity index (χ0) is 14.2. The van der Waals surface area contributed by atoms with Crippen LogP contribution in [0.5, 0.6) is 0 Å². The first-order valence-corrected chi connectivity index (χ1v) is 5.65. The average molecular weight is 332 g/mol. The molecule has 0 saturated heterocycles. The number of benzene rings is 1. The lowest BCUT2D eigenvalue weighted by atomic mass is 10.1. The number of hydrogen-bond acceptors (Lipinski definition) is 4. The van der Waals surface area contributed by atoms with Gasteiger partial charge in [0.1, 0.15) is 6.07 Å². The Morgan fingerprint density at radius 2 is 2.05 bits per heavy atom. The largest absolute Gasteiger partial charge is 0.419 e. The van der Waals surface area contributed by atoms with Crippen molar-refractivity contribution < 1.29 is 17.6 Å². The number of nitrogens with two attached hydrogens (primary N) is 1. The van der Waals surface area contributed by atoms with E-state index in [2.05, 4.69) is 20.9 Å². The van der Waals surface area contributed by atoms with Crippen molar-refractivity contribution in [3.63, 3.8) is 0 Å². The van der Waals surface area contributed by atoms with Gasteiger partial charge >= 0.3 is 6.18 Å². The number of halogens is 4. The minimum atomic E-state index is -4.51. The van der Waals surface area contributed by atoms with Gasteiger partial charge in [-0.3, -0.25) is 0 Å². The smallest absolute Gasteiger partial charge is 0.417 e. The van der Waals surface area contributed by atoms with Crippen molar-refractivity contribution in [1.82, 2.24) is 4.98 Å². The van der Waals surface area contributed by atoms with Crippen LogP contribution < -0.4 is 5.73 Å². The fourth-order valence-electron chi connectivity index (χ4n) is 1.41. The van der Waals surface area contributed by atoms with Crippen LogP contribution >= 0.6 is 15.9 Å². The van der Waals surface area contributed by atoms with E-state index < -0.39 is 11.7 Å². The molecule has 0 aliphatic heterocycles. The van der Waals surface area contributed by atoms with Gasteiger partial charge in [-0.15, -0.1) is 0 Å². The molecule has 0 bridgehead atoms. The molecule has 1 aromatic carbocycles. The molecule has 1 aromatic heterocycles. The minimum absolute atomic E-state index is 0.0868. The Labute approximate surface area is 113 Å². The van der Waals surface area contributed by atoms with Crippen LogP contribution in [0.25, 0.3) is 11.5 Å². The molecule has 0 aliphatic rings. The Morgan fingerprint density at radius 3 is 2.58 bits per heavy atom. The van der Waals surface area contributed by atoms with Gasteiger partial charge in [0.25, 0.3) is 0 Å². The lowest BCUT2D eigenvalue weighted by molar-refractivity contribution is -0.138. The zero-order valence-corrected chi connectivity index (χ0v) is 10.7. The predicted molar refractivity (Wildman–Crippen MR) is 63.8 cm³/mol. The Kier molecular flexibility index (Phi) is 3.24. The summed E-state index contributed by atoms with van der Waals surface area (Å²) in [4.78, 5) is 3.72. The van der Waals surface area contributed by atoms with E-state index in [9.17, 15) is 13.2 Å². The molecule has 0 fully saturated rings. The summed E-state index contributed by atoms with van der Waals surface area (Å²) in [5, 5.41) is 8.67. The van der Waals surface area contributed by atoms with Crippen LogP contribution in [0.15, 0.2) is 27.1 Å². The Balaban J connectivity index is 2.55. The molecule has 0 radical (unpaired) electrons. The summed E-state index contributed by atoms with van der Waals surface area (Å²) in [6, 6.07) is 5.16. The Bertz CT molecular complexity index is 673. The van der Waals surface area contributed by atoms with Crippen LogP contribution in [-0.2, 0) is 6.18 Å². The van der Waals surface area contributed by atoms with Crippen LogP contribution in [0, 0.1) is 11.3 Å². The third-order valence-corrected chi connectivity index (χ3v) is 2.97. The second-order valence-electron chi connectivity index (χ2n) is 3.54. The van der Waals surface area contributed by atoms with E-state index in [4.69, 9.17) is 15.4 Å². The SMILES string of the molecule is N#Cc1nc(-c2ccc(Br)c(C(F)(F)F)c2)oc1N. The van der Waals surface area contributed by atoms with Gasteiger partial charge in [-0.05, 0) is 18.2 Å². The zero-order valence-electron chi connectivity index (χ0n) is 9.12. The molecule has 2 N–H and O–H groups in total. The van der Waals surface area contributed by atoms with Crippen molar-refractivity contribution in [2.24, 2.45) is 0 Å². The highest BCUT2D eigenvalue weighted by molar-refractivity contribution is 9.10. The predicted octanol–water partition coefficient (Wildman–Crippen LogP) is 3.58. The van der Waals surface area contributed by atoms with Crippen molar-refractivity contribution in [2.75, 3.05) is 5.73 Å². The molecule has 98 valence electrons. The van der Waals surface area contributed by atoms with Crippen LogP contribution in [0.3, 0.4) is 0 Å². The van der Waals surface area contributed by atoms with Gasteiger partial charge in [0, 0.05) is 10.0 Å². The number of hydrogen-bond donors (Lipinski definition) is 1. The third kappa shape index (κ3) is 2.56. The van der Waals surface area contributed by atoms with Crippen molar-refractivity contribution in [3.05, 3.63) is 33.9 Å². The van der Waals surface area contributed by atoms with Crippen molar-refractivity contribution in [2.45, 2.75) is 6.18 Å². The fraction of sp³-hybridized carbons (Fsp3) is 0.0909. The number of alkyl halides is 3. The highest BCUT2D eigenvalue weighted by atomic mass is 79.9. The minimum Gasteiger partial charge on any atom is -0.419 e. The molecule has 0 aliphatic carbocycles. The molecule has 4 nitrogen and oxygen atoms in total. The molecule has 0 unspecified atom stereocenters. The normalized spacial score (nSPS) is 11.3. The lowest BCUT2D eigenvalue weighted by Crippen LogP contribution is -2.06. The first-order valence-electron chi connectivity index (χ1n) is 4.86. The monoisotopic (exact) mass is 331 g/mol. The molecule has 0 spiro atoms. The molecule has 0 atom stereocenters. The van der Waals surface area contributed by atoms with Gasteiger partial charge in [-0.25, -0.2) is 0 Å². The lowest BCUT2D eigenvalue weighted by Gasteiger charge is -2.09. The number of rotatable bonds is 1. The van der Waals surface area contributed by atoms with Gasteiger partial charge in [0.05, 0.1) is 5.56 Å². The molecule has 0 amide bonds. The molecule has 19 heavy (non-hydrogen) atoms. The van der Waals surface area contributed by atoms with E-state index in [-0.39, 0.29) is 27.5 Å². The maximum atomic E-state index is 12.7. The molecular weight excluding hydrogens is 327 g/mol. The first-order chi connectivity index (χ1) is 8.82. The quantitative estimate of drug-likeness (QED) is 0.866. The van der Waals surface area contributed by atoms with E-state index in [1.165, 1.54) is 12.1 Å². The molecule has 8 heteroatoms. The van der Waals surface area contributed by atoms with Crippen LogP contribution in [0.1, 0.15) is 11.3 Å². The second kappa shape index (κ2) is 4.59. The highest BCUT2D eigenvalue weighted by Crippen LogP contribution is 2.37. The topological polar surface area (TPSA) is 75.8 Å². The summed E-state index contributed by atoms with van der Waals surface area (Å²) >= 11 is 2.82. The van der Waals surface area contributed by atoms with Crippen molar-refractivity contribution >= 4 is 21.8 Å². The summed E-state index contributed by atoms with van der Waals surface area (Å²) in [6.45, 7) is 0. The van der Waals surface area contributed by atoms with Gasteiger partial charge in [0.15, 0.2) is 0 Å². The van der Waals surface area contributed by atoms with Gasteiger partial charge in [0.2, 0.25) is 17.5 Å². The van der Waals surface area contributed by atoms with E-state index in [0.29, 0.717) is 0 Å². The maximum Gasteiger partial charge on any atom is 0.417 e. The molecular formula is C11H5BrF3N3O. The second-order valence-corrected chi connectivity index (χ2v) is 4.39. The number of nitrogens with zero attached hydrogens (tertiary/aromatic N) is 2. The van der Waals surface area contributed by atoms with Crippen molar-refractivity contribution in [3.8, 4) is 17.5 Å². The fourth-order valence-corrected chi connectivity index (χ4v) is 1.88. The Hall–Kier alpha value is -2.01. The van der Waals surface area contributed by atoms with Gasteiger partial charge in [-0.2, -0.15) is 23.4 Å². The number of anilines is 1. The van der Waals surface area contributed by atoms with Crippen LogP contribution in [-0.4, -0.2) is 4.98 Å². The molecule has 1 heterocycles. The van der Waals surface area contributed by atoms with Crippen LogP contribution in [0.2, 0.25) is 0 Å². The summed E-state index contributed by atoms with van der Waals surface area (Å²) in [5.74, 6) is -0.360. The Morgan fingerprint density at radius 1 is 1.37 bits per heavy atom. The number of oxazole rings is 1. The van der Waals surface area contributed by atoms with E-state index in [1.807, 2.05) is 0 Å². The standard InChI is InChI=1S/C11H5BrF3N3O/c12-7-2-1-5(3-6(7)11(13,14)15)10-18-8(4-16)9(17)19-10/h1-3H,17H2. The van der Waals surface area contributed by atoms with Crippen molar-refractivity contribution in [1.29, 1.82) is 5.26 Å². The molecule has 0 saturated carbocycles. The summed E-state index contributed by atoms with van der Waals surface area (Å²) in [7, 11) is 0. The highest BCUT2D eigenvalue weighted by Gasteiger charge is 2.33. The maximum absolute atomic E-state index is 12.7. The van der Waals surface area contributed by atoms with E-state index in [1.54, 1.807) is 6.07 Å².